The van der Waals surface area contributed by atoms with Gasteiger partial charge in [0.05, 0.1) is 0 Å². The third-order valence-corrected chi connectivity index (χ3v) is 1.76. The lowest BCUT2D eigenvalue weighted by Crippen LogP contribution is -2.25. The van der Waals surface area contributed by atoms with Gasteiger partial charge in [0.15, 0.2) is 0 Å². The van der Waals surface area contributed by atoms with E-state index >= 15 is 0 Å². The summed E-state index contributed by atoms with van der Waals surface area (Å²) in [6.07, 6.45) is 1.02. The van der Waals surface area contributed by atoms with Crippen LogP contribution in [0.3, 0.4) is 0 Å². The monoisotopic (exact) mass is 192 g/mol. The number of carbonyl (C=O) groups excluding carboxylic acids is 1. The van der Waals surface area contributed by atoms with Crippen molar-refractivity contribution in [2.45, 2.75) is 0 Å². The standard InChI is InChI=1S/C6H11NO4S/c1-3-6(8)11-5-4-7(2)12(9)10/h3H,1,4-5H2,2H3,(H,9,10)/p-1. The van der Waals surface area contributed by atoms with E-state index in [2.05, 4.69) is 11.3 Å². The highest BCUT2D eigenvalue weighted by Gasteiger charge is 1.99. The first-order valence-corrected chi connectivity index (χ1v) is 4.21. The van der Waals surface area contributed by atoms with E-state index in [9.17, 15) is 13.6 Å². The van der Waals surface area contributed by atoms with Gasteiger partial charge < -0.3 is 9.29 Å². The van der Waals surface area contributed by atoms with Crippen molar-refractivity contribution in [2.24, 2.45) is 0 Å². The van der Waals surface area contributed by atoms with Crippen molar-refractivity contribution in [3.8, 4) is 0 Å². The van der Waals surface area contributed by atoms with Crippen LogP contribution in [0.1, 0.15) is 0 Å². The van der Waals surface area contributed by atoms with Crippen molar-refractivity contribution in [3.63, 3.8) is 0 Å². The van der Waals surface area contributed by atoms with Gasteiger partial charge in [-0.15, -0.1) is 0 Å². The van der Waals surface area contributed by atoms with Crippen LogP contribution in [0.4, 0.5) is 0 Å². The number of esters is 1. The molecular formula is C6H10NO4S-. The summed E-state index contributed by atoms with van der Waals surface area (Å²) in [5, 5.41) is 0. The van der Waals surface area contributed by atoms with Crippen molar-refractivity contribution in [3.05, 3.63) is 12.7 Å². The molecule has 0 amide bonds. The number of likely N-dealkylation sites (N-methyl/N-ethyl adjacent to an activating group) is 1. The minimum Gasteiger partial charge on any atom is -0.760 e. The Labute approximate surface area is 73.4 Å². The van der Waals surface area contributed by atoms with Gasteiger partial charge in [-0.05, 0) is 7.05 Å². The summed E-state index contributed by atoms with van der Waals surface area (Å²) >= 11 is -2.26. The van der Waals surface area contributed by atoms with Crippen LogP contribution in [0.5, 0.6) is 0 Å². The Morgan fingerprint density at radius 1 is 1.83 bits per heavy atom. The zero-order chi connectivity index (χ0) is 9.56. The third-order valence-electron chi connectivity index (χ3n) is 1.07. The number of hydrogen-bond acceptors (Lipinski definition) is 4. The Hall–Kier alpha value is -0.720. The molecule has 12 heavy (non-hydrogen) atoms. The molecule has 0 aliphatic carbocycles. The molecule has 0 aromatic rings. The second kappa shape index (κ2) is 5.87. The SMILES string of the molecule is C=CC(=O)OCCN(C)S(=O)[O-]. The predicted octanol–water partition coefficient (Wildman–Crippen LogP) is -0.558. The molecular weight excluding hydrogens is 182 g/mol. The zero-order valence-electron chi connectivity index (χ0n) is 6.69. The van der Waals surface area contributed by atoms with Gasteiger partial charge in [-0.2, -0.15) is 0 Å². The van der Waals surface area contributed by atoms with Crippen molar-refractivity contribution in [1.82, 2.24) is 4.31 Å². The van der Waals surface area contributed by atoms with Gasteiger partial charge in [-0.25, -0.2) is 9.10 Å². The lowest BCUT2D eigenvalue weighted by atomic mass is 10.6. The quantitative estimate of drug-likeness (QED) is 0.332. The molecule has 0 rings (SSSR count). The highest BCUT2D eigenvalue weighted by Crippen LogP contribution is 1.87. The van der Waals surface area contributed by atoms with Crippen molar-refractivity contribution in [1.29, 1.82) is 0 Å². The topological polar surface area (TPSA) is 69.7 Å². The van der Waals surface area contributed by atoms with Gasteiger partial charge in [-0.1, -0.05) is 6.58 Å². The fourth-order valence-electron chi connectivity index (χ4n) is 0.408. The smallest absolute Gasteiger partial charge is 0.330 e. The lowest BCUT2D eigenvalue weighted by Gasteiger charge is -2.17. The molecule has 0 spiro atoms. The second-order valence-corrected chi connectivity index (χ2v) is 3.00. The summed E-state index contributed by atoms with van der Waals surface area (Å²) in [6, 6.07) is 0. The normalized spacial score (nSPS) is 12.6. The Morgan fingerprint density at radius 2 is 2.42 bits per heavy atom. The first kappa shape index (κ1) is 11.3. The molecule has 0 saturated heterocycles. The minimum absolute atomic E-state index is 0.0370. The molecule has 0 aromatic carbocycles. The molecule has 70 valence electrons. The van der Waals surface area contributed by atoms with Crippen LogP contribution in [0.25, 0.3) is 0 Å². The van der Waals surface area contributed by atoms with Crippen LogP contribution in [0.15, 0.2) is 12.7 Å². The molecule has 5 nitrogen and oxygen atoms in total. The van der Waals surface area contributed by atoms with Gasteiger partial charge >= 0.3 is 5.97 Å². The Balaban J connectivity index is 3.49. The minimum atomic E-state index is -2.26. The van der Waals surface area contributed by atoms with E-state index in [-0.39, 0.29) is 13.2 Å². The van der Waals surface area contributed by atoms with Crippen LogP contribution < -0.4 is 0 Å². The fraction of sp³-hybridized carbons (Fsp3) is 0.500. The van der Waals surface area contributed by atoms with E-state index < -0.39 is 17.2 Å². The van der Waals surface area contributed by atoms with Gasteiger partial charge in [0, 0.05) is 23.9 Å². The van der Waals surface area contributed by atoms with Gasteiger partial charge in [0.2, 0.25) is 0 Å². The molecule has 0 radical (unpaired) electrons. The van der Waals surface area contributed by atoms with Gasteiger partial charge in [0.1, 0.15) is 6.61 Å². The third kappa shape index (κ3) is 5.00. The molecule has 6 heteroatoms. The van der Waals surface area contributed by atoms with E-state index in [4.69, 9.17) is 0 Å². The summed E-state index contributed by atoms with van der Waals surface area (Å²) in [5.74, 6) is -0.555. The Bertz CT molecular complexity index is 194. The highest BCUT2D eigenvalue weighted by atomic mass is 32.2. The number of nitrogens with zero attached hydrogens (tertiary/aromatic N) is 1. The molecule has 0 aliphatic heterocycles. The van der Waals surface area contributed by atoms with Crippen LogP contribution >= 0.6 is 0 Å². The van der Waals surface area contributed by atoms with Crippen LogP contribution in [-0.2, 0) is 20.8 Å². The molecule has 1 unspecified atom stereocenters. The zero-order valence-corrected chi connectivity index (χ0v) is 7.50. The summed E-state index contributed by atoms with van der Waals surface area (Å²) < 4.78 is 26.0. The van der Waals surface area contributed by atoms with E-state index in [1.807, 2.05) is 0 Å². The summed E-state index contributed by atoms with van der Waals surface area (Å²) in [6.45, 7) is 3.37. The van der Waals surface area contributed by atoms with Crippen LogP contribution in [0, 0.1) is 0 Å². The molecule has 0 bridgehead atoms. The van der Waals surface area contributed by atoms with Crippen molar-refractivity contribution >= 4 is 17.2 Å². The van der Waals surface area contributed by atoms with Crippen molar-refractivity contribution in [2.75, 3.05) is 20.2 Å². The first-order valence-electron chi connectivity index (χ1n) is 3.17. The number of hydrogen-bond donors (Lipinski definition) is 0. The van der Waals surface area contributed by atoms with Crippen molar-refractivity contribution < 1.29 is 18.3 Å². The predicted molar refractivity (Wildman–Crippen MR) is 42.7 cm³/mol. The largest absolute Gasteiger partial charge is 0.760 e. The lowest BCUT2D eigenvalue weighted by molar-refractivity contribution is -0.137. The Morgan fingerprint density at radius 3 is 2.83 bits per heavy atom. The van der Waals surface area contributed by atoms with E-state index in [0.29, 0.717) is 0 Å². The highest BCUT2D eigenvalue weighted by molar-refractivity contribution is 7.76. The second-order valence-electron chi connectivity index (χ2n) is 1.94. The maximum Gasteiger partial charge on any atom is 0.330 e. The first-order chi connectivity index (χ1) is 5.57. The number of ether oxygens (including phenoxy) is 1. The molecule has 0 heterocycles. The van der Waals surface area contributed by atoms with Crippen LogP contribution in [-0.4, -0.2) is 39.2 Å². The number of carbonyl (C=O) groups is 1. The molecule has 0 saturated carbocycles. The average molecular weight is 192 g/mol. The molecule has 0 fully saturated rings. The van der Waals surface area contributed by atoms with Gasteiger partial charge in [-0.3, -0.25) is 4.21 Å². The summed E-state index contributed by atoms with van der Waals surface area (Å²) in [5.41, 5.74) is 0. The molecule has 0 aliphatic rings. The van der Waals surface area contributed by atoms with Gasteiger partial charge in [0.25, 0.3) is 0 Å². The fourth-order valence-corrected chi connectivity index (χ4v) is 0.632. The van der Waals surface area contributed by atoms with Crippen LogP contribution in [0.2, 0.25) is 0 Å². The summed E-state index contributed by atoms with van der Waals surface area (Å²) in [7, 11) is 1.38. The Kier molecular flexibility index (Phi) is 5.52. The van der Waals surface area contributed by atoms with E-state index in [0.717, 1.165) is 10.4 Å². The molecule has 0 N–H and O–H groups in total. The summed E-state index contributed by atoms with van der Waals surface area (Å²) in [4.78, 5) is 10.5. The molecule has 1 atom stereocenters. The molecule has 0 aromatic heterocycles. The maximum absolute atomic E-state index is 10.5. The maximum atomic E-state index is 10.5. The number of rotatable bonds is 5. The van der Waals surface area contributed by atoms with E-state index in [1.54, 1.807) is 0 Å². The van der Waals surface area contributed by atoms with E-state index in [1.165, 1.54) is 7.05 Å². The average Bonchev–Trinajstić information content (AvgIpc) is 2.03.